The van der Waals surface area contributed by atoms with E-state index in [0.29, 0.717) is 12.4 Å². The molecule has 7 nitrogen and oxygen atoms in total. The summed E-state index contributed by atoms with van der Waals surface area (Å²) in [6.07, 6.45) is 1.80. The van der Waals surface area contributed by atoms with Gasteiger partial charge in [0.05, 0.1) is 0 Å². The fraction of sp³-hybridized carbons (Fsp3) is 0.389. The summed E-state index contributed by atoms with van der Waals surface area (Å²) < 4.78 is 0. The normalized spacial score (nSPS) is 15.0. The molecule has 0 spiro atoms. The van der Waals surface area contributed by atoms with Gasteiger partial charge in [0.1, 0.15) is 11.6 Å². The number of hydrogen-bond acceptors (Lipinski definition) is 5. The molecule has 3 rings (SSSR count). The monoisotopic (exact) mass is 340 g/mol. The van der Waals surface area contributed by atoms with Crippen LogP contribution in [0.2, 0.25) is 0 Å². The van der Waals surface area contributed by atoms with Gasteiger partial charge in [-0.1, -0.05) is 12.1 Å². The predicted octanol–water partition coefficient (Wildman–Crippen LogP) is 1.86. The summed E-state index contributed by atoms with van der Waals surface area (Å²) >= 11 is 0. The van der Waals surface area contributed by atoms with Crippen LogP contribution in [-0.2, 0) is 6.54 Å². The summed E-state index contributed by atoms with van der Waals surface area (Å²) in [5.74, 6) is 1.49. The number of anilines is 2. The second-order valence-corrected chi connectivity index (χ2v) is 6.25. The van der Waals surface area contributed by atoms with E-state index in [2.05, 4.69) is 37.4 Å². The van der Waals surface area contributed by atoms with Crippen molar-refractivity contribution in [1.82, 2.24) is 20.2 Å². The molecule has 2 aromatic rings. The molecule has 0 atom stereocenters. The van der Waals surface area contributed by atoms with E-state index in [9.17, 15) is 4.79 Å². The molecule has 3 heterocycles. The van der Waals surface area contributed by atoms with Gasteiger partial charge in [-0.15, -0.1) is 0 Å². The zero-order chi connectivity index (χ0) is 17.6. The number of nitrogens with one attached hydrogen (secondary N) is 2. The lowest BCUT2D eigenvalue weighted by Crippen LogP contribution is -2.45. The van der Waals surface area contributed by atoms with Crippen LogP contribution >= 0.6 is 0 Å². The molecule has 0 aliphatic carbocycles. The summed E-state index contributed by atoms with van der Waals surface area (Å²) in [5, 5.41) is 5.64. The summed E-state index contributed by atoms with van der Waals surface area (Å²) in [6, 6.07) is 9.16. The number of piperazine rings is 1. The van der Waals surface area contributed by atoms with Crippen LogP contribution in [0.1, 0.15) is 11.3 Å². The molecule has 7 heteroatoms. The highest BCUT2D eigenvalue weighted by molar-refractivity contribution is 5.88. The smallest absolute Gasteiger partial charge is 0.320 e. The first-order valence-corrected chi connectivity index (χ1v) is 8.48. The van der Waals surface area contributed by atoms with Gasteiger partial charge in [0.25, 0.3) is 0 Å². The van der Waals surface area contributed by atoms with Crippen LogP contribution in [0.3, 0.4) is 0 Å². The van der Waals surface area contributed by atoms with Crippen molar-refractivity contribution in [2.45, 2.75) is 13.5 Å². The van der Waals surface area contributed by atoms with Gasteiger partial charge in [0, 0.05) is 50.2 Å². The first-order valence-electron chi connectivity index (χ1n) is 8.48. The van der Waals surface area contributed by atoms with Gasteiger partial charge >= 0.3 is 6.03 Å². The van der Waals surface area contributed by atoms with E-state index in [1.165, 1.54) is 0 Å². The van der Waals surface area contributed by atoms with E-state index in [-0.39, 0.29) is 6.03 Å². The Morgan fingerprint density at radius 1 is 1.16 bits per heavy atom. The first-order chi connectivity index (χ1) is 12.1. The van der Waals surface area contributed by atoms with Gasteiger partial charge in [0.2, 0.25) is 0 Å². The number of aromatic nitrogens is 2. The maximum Gasteiger partial charge on any atom is 0.320 e. The van der Waals surface area contributed by atoms with E-state index in [4.69, 9.17) is 0 Å². The minimum atomic E-state index is -0.272. The Labute approximate surface area is 148 Å². The minimum absolute atomic E-state index is 0.272. The van der Waals surface area contributed by atoms with E-state index < -0.39 is 0 Å². The highest BCUT2D eigenvalue weighted by atomic mass is 16.2. The maximum atomic E-state index is 12.1. The third kappa shape index (κ3) is 4.67. The molecule has 1 fully saturated rings. The Morgan fingerprint density at radius 2 is 1.96 bits per heavy atom. The highest BCUT2D eigenvalue weighted by Gasteiger charge is 2.18. The van der Waals surface area contributed by atoms with Crippen LogP contribution in [-0.4, -0.2) is 54.1 Å². The second kappa shape index (κ2) is 7.94. The predicted molar refractivity (Wildman–Crippen MR) is 98.8 cm³/mol. The summed E-state index contributed by atoms with van der Waals surface area (Å²) in [6.45, 7) is 6.24. The van der Waals surface area contributed by atoms with E-state index in [1.807, 2.05) is 31.2 Å². The topological polar surface area (TPSA) is 73.4 Å². The van der Waals surface area contributed by atoms with Crippen LogP contribution < -0.4 is 15.5 Å². The van der Waals surface area contributed by atoms with E-state index >= 15 is 0 Å². The van der Waals surface area contributed by atoms with Crippen molar-refractivity contribution in [3.63, 3.8) is 0 Å². The Bertz CT molecular complexity index is 727. The fourth-order valence-electron chi connectivity index (χ4n) is 2.82. The quantitative estimate of drug-likeness (QED) is 0.889. The van der Waals surface area contributed by atoms with Crippen LogP contribution in [0.25, 0.3) is 0 Å². The van der Waals surface area contributed by atoms with Gasteiger partial charge < -0.3 is 15.1 Å². The number of rotatable bonds is 4. The number of hydrogen-bond donors (Lipinski definition) is 2. The number of carbonyl (C=O) groups excluding carboxylic acids is 1. The third-order valence-corrected chi connectivity index (χ3v) is 4.24. The molecule has 0 unspecified atom stereocenters. The van der Waals surface area contributed by atoms with Gasteiger partial charge in [-0.05, 0) is 32.2 Å². The Morgan fingerprint density at radius 3 is 2.72 bits per heavy atom. The molecule has 0 saturated carbocycles. The van der Waals surface area contributed by atoms with Crippen LogP contribution in [0.4, 0.5) is 16.4 Å². The largest absolute Gasteiger partial charge is 0.354 e. The molecule has 1 aliphatic heterocycles. The van der Waals surface area contributed by atoms with Crippen molar-refractivity contribution in [3.05, 3.63) is 47.8 Å². The molecule has 0 aromatic carbocycles. The van der Waals surface area contributed by atoms with Gasteiger partial charge in [-0.2, -0.15) is 0 Å². The SMILES string of the molecule is Cc1cccc(NC(=O)NCc2cccnc2N2CCN(C)CC2)n1. The molecule has 2 aromatic heterocycles. The first kappa shape index (κ1) is 17.2. The van der Waals surface area contributed by atoms with E-state index in [1.54, 1.807) is 12.3 Å². The molecule has 132 valence electrons. The maximum absolute atomic E-state index is 12.1. The molecule has 1 aliphatic rings. The minimum Gasteiger partial charge on any atom is -0.354 e. The zero-order valence-corrected chi connectivity index (χ0v) is 14.7. The Balaban J connectivity index is 1.60. The van der Waals surface area contributed by atoms with E-state index in [0.717, 1.165) is 43.3 Å². The fourth-order valence-corrected chi connectivity index (χ4v) is 2.82. The molecule has 0 radical (unpaired) electrons. The summed E-state index contributed by atoms with van der Waals surface area (Å²) in [7, 11) is 2.13. The molecule has 2 amide bonds. The number of amides is 2. The number of carbonyl (C=O) groups is 1. The average Bonchev–Trinajstić information content (AvgIpc) is 2.61. The zero-order valence-electron chi connectivity index (χ0n) is 14.7. The van der Waals surface area contributed by atoms with Crippen LogP contribution in [0.15, 0.2) is 36.5 Å². The van der Waals surface area contributed by atoms with Gasteiger partial charge in [-0.25, -0.2) is 14.8 Å². The molecule has 25 heavy (non-hydrogen) atoms. The Hall–Kier alpha value is -2.67. The highest BCUT2D eigenvalue weighted by Crippen LogP contribution is 2.18. The molecule has 2 N–H and O–H groups in total. The third-order valence-electron chi connectivity index (χ3n) is 4.24. The van der Waals surface area contributed by atoms with Crippen molar-refractivity contribution >= 4 is 17.7 Å². The summed E-state index contributed by atoms with van der Waals surface area (Å²) in [5.41, 5.74) is 1.88. The molecular formula is C18H24N6O. The lowest BCUT2D eigenvalue weighted by atomic mass is 10.2. The molecule has 0 bridgehead atoms. The number of likely N-dealkylation sites (N-methyl/N-ethyl adjacent to an activating group) is 1. The standard InChI is InChI=1S/C18H24N6O/c1-14-5-3-7-16(21-14)22-18(25)20-13-15-6-4-8-19-17(15)24-11-9-23(2)10-12-24/h3-8H,9-13H2,1-2H3,(H2,20,21,22,25). The lowest BCUT2D eigenvalue weighted by Gasteiger charge is -2.34. The van der Waals surface area contributed by atoms with Crippen LogP contribution in [0, 0.1) is 6.92 Å². The average molecular weight is 340 g/mol. The Kier molecular flexibility index (Phi) is 5.45. The van der Waals surface area contributed by atoms with Gasteiger partial charge in [-0.3, -0.25) is 5.32 Å². The second-order valence-electron chi connectivity index (χ2n) is 6.25. The van der Waals surface area contributed by atoms with Crippen molar-refractivity contribution in [1.29, 1.82) is 0 Å². The number of nitrogens with zero attached hydrogens (tertiary/aromatic N) is 4. The summed E-state index contributed by atoms with van der Waals surface area (Å²) in [4.78, 5) is 25.5. The number of urea groups is 1. The lowest BCUT2D eigenvalue weighted by molar-refractivity contribution is 0.251. The number of aryl methyl sites for hydroxylation is 1. The molecular weight excluding hydrogens is 316 g/mol. The van der Waals surface area contributed by atoms with Crippen molar-refractivity contribution in [3.8, 4) is 0 Å². The van der Waals surface area contributed by atoms with Crippen molar-refractivity contribution < 1.29 is 4.79 Å². The van der Waals surface area contributed by atoms with Crippen LogP contribution in [0.5, 0.6) is 0 Å². The number of pyridine rings is 2. The van der Waals surface area contributed by atoms with Crippen molar-refractivity contribution in [2.24, 2.45) is 0 Å². The van der Waals surface area contributed by atoms with Crippen molar-refractivity contribution in [2.75, 3.05) is 43.4 Å². The molecule has 1 saturated heterocycles. The van der Waals surface area contributed by atoms with Gasteiger partial charge in [0.15, 0.2) is 0 Å².